The molecule has 3 aromatic rings. The summed E-state index contributed by atoms with van der Waals surface area (Å²) in [6, 6.07) is 11.1. The van der Waals surface area contributed by atoms with Gasteiger partial charge in [-0.05, 0) is 13.8 Å². The first-order valence-electron chi connectivity index (χ1n) is 7.49. The van der Waals surface area contributed by atoms with Crippen LogP contribution in [0.25, 0.3) is 10.6 Å². The maximum atomic E-state index is 12.2. The van der Waals surface area contributed by atoms with Crippen molar-refractivity contribution in [2.24, 2.45) is 0 Å². The quantitative estimate of drug-likeness (QED) is 0.704. The Morgan fingerprint density at radius 2 is 2.04 bits per heavy atom. The van der Waals surface area contributed by atoms with Crippen molar-refractivity contribution in [3.8, 4) is 10.6 Å². The highest BCUT2D eigenvalue weighted by Gasteiger charge is 2.22. The summed E-state index contributed by atoms with van der Waals surface area (Å²) >= 11 is 1.34. The molecule has 0 aliphatic rings. The summed E-state index contributed by atoms with van der Waals surface area (Å²) in [5.74, 6) is -0.320. The number of thiazole rings is 1. The summed E-state index contributed by atoms with van der Waals surface area (Å²) in [5.41, 5.74) is 1.08. The van der Waals surface area contributed by atoms with Crippen molar-refractivity contribution < 1.29 is 18.8 Å². The van der Waals surface area contributed by atoms with Crippen LogP contribution in [0.3, 0.4) is 0 Å². The minimum absolute atomic E-state index is 0.167. The fourth-order valence-corrected chi connectivity index (χ4v) is 2.80. The number of hydrogen-bond donors (Lipinski definition) is 1. The van der Waals surface area contributed by atoms with Gasteiger partial charge in [-0.2, -0.15) is 0 Å². The zero-order valence-electron chi connectivity index (χ0n) is 13.6. The van der Waals surface area contributed by atoms with Gasteiger partial charge in [-0.1, -0.05) is 35.5 Å². The standard InChI is InChI=1S/C17H15N3O4S/c1-10-8-14(20-24-10)19-15(21)11(2)23-17(22)13-9-25-16(18-13)12-6-4-3-5-7-12/h3-9,11H,1-2H3,(H,19,20,21)/t11-/m1/s1. The molecule has 0 unspecified atom stereocenters. The van der Waals surface area contributed by atoms with E-state index in [0.717, 1.165) is 5.56 Å². The van der Waals surface area contributed by atoms with Crippen LogP contribution < -0.4 is 5.32 Å². The second kappa shape index (κ2) is 7.27. The number of anilines is 1. The number of rotatable bonds is 5. The molecule has 1 amide bonds. The molecule has 8 heteroatoms. The lowest BCUT2D eigenvalue weighted by Crippen LogP contribution is -2.30. The van der Waals surface area contributed by atoms with Crippen molar-refractivity contribution in [1.82, 2.24) is 10.1 Å². The summed E-state index contributed by atoms with van der Waals surface area (Å²) in [7, 11) is 0. The van der Waals surface area contributed by atoms with E-state index in [0.29, 0.717) is 10.8 Å². The van der Waals surface area contributed by atoms with E-state index in [1.807, 2.05) is 30.3 Å². The van der Waals surface area contributed by atoms with Crippen LogP contribution in [-0.2, 0) is 9.53 Å². The predicted molar refractivity (Wildman–Crippen MR) is 92.3 cm³/mol. The van der Waals surface area contributed by atoms with Gasteiger partial charge in [0.15, 0.2) is 17.6 Å². The Balaban J connectivity index is 1.62. The summed E-state index contributed by atoms with van der Waals surface area (Å²) in [5, 5.41) is 8.48. The Bertz CT molecular complexity index is 888. The molecule has 0 saturated heterocycles. The van der Waals surface area contributed by atoms with Crippen LogP contribution in [0.1, 0.15) is 23.2 Å². The molecule has 0 fully saturated rings. The number of hydrogen-bond acceptors (Lipinski definition) is 7. The first-order chi connectivity index (χ1) is 12.0. The molecule has 25 heavy (non-hydrogen) atoms. The minimum atomic E-state index is -0.994. The summed E-state index contributed by atoms with van der Waals surface area (Å²) in [6.45, 7) is 3.18. The molecule has 0 bridgehead atoms. The Labute approximate surface area is 147 Å². The average molecular weight is 357 g/mol. The SMILES string of the molecule is Cc1cc(NC(=O)[C@@H](C)OC(=O)c2csc(-c3ccccc3)n2)no1. The van der Waals surface area contributed by atoms with Crippen LogP contribution in [0.15, 0.2) is 46.3 Å². The zero-order chi connectivity index (χ0) is 17.8. The highest BCUT2D eigenvalue weighted by molar-refractivity contribution is 7.13. The van der Waals surface area contributed by atoms with Crippen LogP contribution in [0.4, 0.5) is 5.82 Å². The molecule has 0 aliphatic heterocycles. The van der Waals surface area contributed by atoms with Crippen molar-refractivity contribution in [1.29, 1.82) is 0 Å². The van der Waals surface area contributed by atoms with E-state index in [1.54, 1.807) is 18.4 Å². The van der Waals surface area contributed by atoms with E-state index in [2.05, 4.69) is 15.5 Å². The topological polar surface area (TPSA) is 94.3 Å². The number of carbonyl (C=O) groups excluding carboxylic acids is 2. The van der Waals surface area contributed by atoms with Gasteiger partial charge in [-0.3, -0.25) is 4.79 Å². The lowest BCUT2D eigenvalue weighted by atomic mass is 10.2. The van der Waals surface area contributed by atoms with Crippen LogP contribution in [-0.4, -0.2) is 28.1 Å². The number of benzene rings is 1. The van der Waals surface area contributed by atoms with Gasteiger partial charge in [0.05, 0.1) is 0 Å². The van der Waals surface area contributed by atoms with E-state index in [-0.39, 0.29) is 11.5 Å². The van der Waals surface area contributed by atoms with Crippen molar-refractivity contribution in [3.05, 3.63) is 53.2 Å². The molecule has 2 heterocycles. The lowest BCUT2D eigenvalue weighted by Gasteiger charge is -2.11. The van der Waals surface area contributed by atoms with Crippen molar-refractivity contribution in [2.45, 2.75) is 20.0 Å². The van der Waals surface area contributed by atoms with Crippen LogP contribution in [0.5, 0.6) is 0 Å². The summed E-state index contributed by atoms with van der Waals surface area (Å²) in [6.07, 6.45) is -0.994. The van der Waals surface area contributed by atoms with Gasteiger partial charge in [0.2, 0.25) is 0 Å². The van der Waals surface area contributed by atoms with Crippen molar-refractivity contribution >= 4 is 29.0 Å². The predicted octanol–water partition coefficient (Wildman–Crippen LogP) is 3.29. The van der Waals surface area contributed by atoms with Gasteiger partial charge >= 0.3 is 5.97 Å². The molecule has 1 atom stereocenters. The van der Waals surface area contributed by atoms with E-state index in [1.165, 1.54) is 18.3 Å². The smallest absolute Gasteiger partial charge is 0.358 e. The molecule has 0 saturated carbocycles. The second-order valence-electron chi connectivity index (χ2n) is 5.26. The van der Waals surface area contributed by atoms with E-state index >= 15 is 0 Å². The molecule has 0 radical (unpaired) electrons. The van der Waals surface area contributed by atoms with Crippen molar-refractivity contribution in [2.75, 3.05) is 5.32 Å². The first kappa shape index (κ1) is 16.8. The molecule has 1 aromatic carbocycles. The number of nitrogens with one attached hydrogen (secondary N) is 1. The Hall–Kier alpha value is -3.00. The van der Waals surface area contributed by atoms with Gasteiger partial charge in [-0.15, -0.1) is 11.3 Å². The number of aromatic nitrogens is 2. The Morgan fingerprint density at radius 1 is 1.28 bits per heavy atom. The normalized spacial score (nSPS) is 11.8. The minimum Gasteiger partial charge on any atom is -0.448 e. The Morgan fingerprint density at radius 3 is 2.72 bits per heavy atom. The fourth-order valence-electron chi connectivity index (χ4n) is 2.01. The number of esters is 1. The first-order valence-corrected chi connectivity index (χ1v) is 8.37. The Kier molecular flexibility index (Phi) is 4.90. The van der Waals surface area contributed by atoms with Crippen LogP contribution >= 0.6 is 11.3 Å². The third-order valence-electron chi connectivity index (χ3n) is 3.27. The molecular weight excluding hydrogens is 342 g/mol. The van der Waals surface area contributed by atoms with Crippen molar-refractivity contribution in [3.63, 3.8) is 0 Å². The molecule has 1 N–H and O–H groups in total. The number of ether oxygens (including phenoxy) is 1. The maximum absolute atomic E-state index is 12.2. The lowest BCUT2D eigenvalue weighted by molar-refractivity contribution is -0.123. The van der Waals surface area contributed by atoms with E-state index in [9.17, 15) is 9.59 Å². The second-order valence-corrected chi connectivity index (χ2v) is 6.12. The largest absolute Gasteiger partial charge is 0.448 e. The molecule has 0 aliphatic carbocycles. The van der Waals surface area contributed by atoms with E-state index in [4.69, 9.17) is 9.26 Å². The monoisotopic (exact) mass is 357 g/mol. The average Bonchev–Trinajstić information content (AvgIpc) is 3.25. The van der Waals surface area contributed by atoms with Crippen LogP contribution in [0, 0.1) is 6.92 Å². The van der Waals surface area contributed by atoms with Gasteiger partial charge in [0.1, 0.15) is 10.8 Å². The molecular formula is C17H15N3O4S. The summed E-state index contributed by atoms with van der Waals surface area (Å²) in [4.78, 5) is 28.5. The number of carbonyl (C=O) groups is 2. The molecule has 0 spiro atoms. The van der Waals surface area contributed by atoms with Crippen LogP contribution in [0.2, 0.25) is 0 Å². The van der Waals surface area contributed by atoms with Gasteiger partial charge < -0.3 is 14.6 Å². The maximum Gasteiger partial charge on any atom is 0.358 e. The third kappa shape index (κ3) is 4.10. The van der Waals surface area contributed by atoms with E-state index < -0.39 is 18.0 Å². The van der Waals surface area contributed by atoms with Gasteiger partial charge in [0, 0.05) is 17.0 Å². The summed E-state index contributed by atoms with van der Waals surface area (Å²) < 4.78 is 10.0. The zero-order valence-corrected chi connectivity index (χ0v) is 14.4. The molecule has 128 valence electrons. The highest BCUT2D eigenvalue weighted by Crippen LogP contribution is 2.23. The van der Waals surface area contributed by atoms with Gasteiger partial charge in [-0.25, -0.2) is 9.78 Å². The highest BCUT2D eigenvalue weighted by atomic mass is 32.1. The fraction of sp³-hybridized carbons (Fsp3) is 0.176. The number of amides is 1. The molecule has 3 rings (SSSR count). The molecule has 2 aromatic heterocycles. The third-order valence-corrected chi connectivity index (χ3v) is 4.16. The number of aryl methyl sites for hydroxylation is 1. The number of nitrogens with zero attached hydrogens (tertiary/aromatic N) is 2. The van der Waals surface area contributed by atoms with Gasteiger partial charge in [0.25, 0.3) is 5.91 Å². The molecule has 7 nitrogen and oxygen atoms in total.